The van der Waals surface area contributed by atoms with E-state index in [2.05, 4.69) is 30.8 Å². The number of nitrogens with zero attached hydrogens (tertiary/aromatic N) is 4. The Kier molecular flexibility index (Phi) is 3.51. The molecule has 1 amide bonds. The fourth-order valence-electron chi connectivity index (χ4n) is 1.48. The van der Waals surface area contributed by atoms with Crippen molar-refractivity contribution in [2.24, 2.45) is 0 Å². The second-order valence-corrected chi connectivity index (χ2v) is 3.84. The lowest BCUT2D eigenvalue weighted by Crippen LogP contribution is -2.32. The van der Waals surface area contributed by atoms with Crippen LogP contribution in [-0.4, -0.2) is 25.8 Å². The molecule has 0 spiro atoms. The number of carbonyl (C=O) groups is 1. The van der Waals surface area contributed by atoms with Crippen molar-refractivity contribution in [2.75, 3.05) is 11.2 Å². The number of anilines is 2. The second kappa shape index (κ2) is 5.25. The fourth-order valence-corrected chi connectivity index (χ4v) is 1.48. The zero-order chi connectivity index (χ0) is 13.8. The van der Waals surface area contributed by atoms with Crippen molar-refractivity contribution in [3.05, 3.63) is 35.5 Å². The Labute approximate surface area is 109 Å². The van der Waals surface area contributed by atoms with Crippen LogP contribution in [0.2, 0.25) is 0 Å². The highest BCUT2D eigenvalue weighted by Crippen LogP contribution is 2.04. The van der Waals surface area contributed by atoms with Gasteiger partial charge in [-0.1, -0.05) is 0 Å². The molecule has 0 bridgehead atoms. The lowest BCUT2D eigenvalue weighted by atomic mass is 10.4. The molecule has 0 saturated carbocycles. The highest BCUT2D eigenvalue weighted by atomic mass is 16.2. The van der Waals surface area contributed by atoms with Gasteiger partial charge in [-0.2, -0.15) is 0 Å². The van der Waals surface area contributed by atoms with E-state index in [1.165, 1.54) is 12.4 Å². The molecule has 0 unspecified atom stereocenters. The van der Waals surface area contributed by atoms with Crippen LogP contribution in [0.3, 0.4) is 0 Å². The monoisotopic (exact) mass is 259 g/mol. The van der Waals surface area contributed by atoms with Gasteiger partial charge in [0.1, 0.15) is 0 Å². The number of hydrogen-bond acceptors (Lipinski definition) is 7. The van der Waals surface area contributed by atoms with Crippen LogP contribution < -0.4 is 16.6 Å². The fraction of sp³-hybridized carbons (Fsp3) is 0.182. The van der Waals surface area contributed by atoms with E-state index in [9.17, 15) is 4.79 Å². The van der Waals surface area contributed by atoms with Gasteiger partial charge >= 0.3 is 0 Å². The van der Waals surface area contributed by atoms with Crippen LogP contribution in [0, 0.1) is 13.8 Å². The Bertz CT molecular complexity index is 593. The van der Waals surface area contributed by atoms with Gasteiger partial charge in [0.2, 0.25) is 5.95 Å². The Morgan fingerprint density at radius 3 is 2.42 bits per heavy atom. The van der Waals surface area contributed by atoms with E-state index >= 15 is 0 Å². The number of rotatable bonds is 3. The summed E-state index contributed by atoms with van der Waals surface area (Å²) in [6.07, 6.45) is 2.80. The van der Waals surface area contributed by atoms with Crippen LogP contribution in [0.25, 0.3) is 0 Å². The third-order valence-electron chi connectivity index (χ3n) is 2.21. The number of hydrogen-bond donors (Lipinski definition) is 3. The number of nitrogens with two attached hydrogens (primary N) is 1. The molecule has 8 heteroatoms. The quantitative estimate of drug-likeness (QED) is 0.674. The van der Waals surface area contributed by atoms with Gasteiger partial charge in [-0.15, -0.1) is 0 Å². The minimum Gasteiger partial charge on any atom is -0.382 e. The first-order valence-corrected chi connectivity index (χ1v) is 5.51. The van der Waals surface area contributed by atoms with Gasteiger partial charge in [0.15, 0.2) is 11.5 Å². The SMILES string of the molecule is Cc1cc(C)nc(NNC(=O)c2nccnc2N)n1. The minimum absolute atomic E-state index is 0.0411. The predicted molar refractivity (Wildman–Crippen MR) is 69.0 cm³/mol. The summed E-state index contributed by atoms with van der Waals surface area (Å²) >= 11 is 0. The normalized spacial score (nSPS) is 10.0. The summed E-state index contributed by atoms with van der Waals surface area (Å²) in [6.45, 7) is 3.67. The lowest BCUT2D eigenvalue weighted by Gasteiger charge is -2.08. The van der Waals surface area contributed by atoms with Crippen LogP contribution >= 0.6 is 0 Å². The Morgan fingerprint density at radius 1 is 1.16 bits per heavy atom. The second-order valence-electron chi connectivity index (χ2n) is 3.84. The van der Waals surface area contributed by atoms with Gasteiger partial charge in [-0.25, -0.2) is 19.9 Å². The summed E-state index contributed by atoms with van der Waals surface area (Å²) < 4.78 is 0. The largest absolute Gasteiger partial charge is 0.382 e. The van der Waals surface area contributed by atoms with Crippen LogP contribution in [0.1, 0.15) is 21.9 Å². The molecule has 0 radical (unpaired) electrons. The maximum absolute atomic E-state index is 11.8. The molecule has 0 fully saturated rings. The molecule has 0 aliphatic heterocycles. The summed E-state index contributed by atoms with van der Waals surface area (Å²) in [5, 5.41) is 0. The van der Waals surface area contributed by atoms with Crippen molar-refractivity contribution in [1.29, 1.82) is 0 Å². The Morgan fingerprint density at radius 2 is 1.79 bits per heavy atom. The van der Waals surface area contributed by atoms with E-state index in [-0.39, 0.29) is 11.5 Å². The molecule has 19 heavy (non-hydrogen) atoms. The van der Waals surface area contributed by atoms with E-state index in [0.29, 0.717) is 5.95 Å². The van der Waals surface area contributed by atoms with Crippen molar-refractivity contribution in [3.8, 4) is 0 Å². The zero-order valence-electron chi connectivity index (χ0n) is 10.5. The van der Waals surface area contributed by atoms with Crippen molar-refractivity contribution in [2.45, 2.75) is 13.8 Å². The standard InChI is InChI=1S/C11H13N7O/c1-6-5-7(2)16-11(15-6)18-17-10(19)8-9(12)14-4-3-13-8/h3-5H,1-2H3,(H2,12,14)(H,17,19)(H,15,16,18). The van der Waals surface area contributed by atoms with Crippen molar-refractivity contribution < 1.29 is 4.79 Å². The van der Waals surface area contributed by atoms with Crippen molar-refractivity contribution in [3.63, 3.8) is 0 Å². The summed E-state index contributed by atoms with van der Waals surface area (Å²) in [6, 6.07) is 1.83. The van der Waals surface area contributed by atoms with Gasteiger partial charge in [-0.05, 0) is 19.9 Å². The Balaban J connectivity index is 2.07. The maximum atomic E-state index is 11.8. The molecular formula is C11H13N7O. The molecule has 2 aromatic rings. The molecule has 0 aliphatic rings. The third kappa shape index (κ3) is 3.12. The highest BCUT2D eigenvalue weighted by molar-refractivity contribution is 5.96. The summed E-state index contributed by atoms with van der Waals surface area (Å²) in [5.41, 5.74) is 12.2. The van der Waals surface area contributed by atoms with Crippen molar-refractivity contribution >= 4 is 17.7 Å². The summed E-state index contributed by atoms with van der Waals surface area (Å²) in [5.74, 6) is -0.148. The number of amides is 1. The van der Waals surface area contributed by atoms with Gasteiger partial charge in [-0.3, -0.25) is 15.6 Å². The molecule has 2 heterocycles. The van der Waals surface area contributed by atoms with E-state index in [1.54, 1.807) is 0 Å². The first-order chi connectivity index (χ1) is 9.06. The average molecular weight is 259 g/mol. The minimum atomic E-state index is -0.506. The number of nitrogen functional groups attached to an aromatic ring is 1. The molecular weight excluding hydrogens is 246 g/mol. The first-order valence-electron chi connectivity index (χ1n) is 5.51. The van der Waals surface area contributed by atoms with E-state index in [4.69, 9.17) is 5.73 Å². The number of aryl methyl sites for hydroxylation is 2. The molecule has 0 aliphatic carbocycles. The highest BCUT2D eigenvalue weighted by Gasteiger charge is 2.11. The number of carbonyl (C=O) groups excluding carboxylic acids is 1. The number of aromatic nitrogens is 4. The van der Waals surface area contributed by atoms with Crippen LogP contribution in [-0.2, 0) is 0 Å². The van der Waals surface area contributed by atoms with Crippen molar-refractivity contribution in [1.82, 2.24) is 25.4 Å². The molecule has 8 nitrogen and oxygen atoms in total. The van der Waals surface area contributed by atoms with Crippen LogP contribution in [0.5, 0.6) is 0 Å². The molecule has 98 valence electrons. The van der Waals surface area contributed by atoms with E-state index < -0.39 is 5.91 Å². The molecule has 0 atom stereocenters. The summed E-state index contributed by atoms with van der Waals surface area (Å²) in [7, 11) is 0. The Hall–Kier alpha value is -2.77. The smallest absolute Gasteiger partial charge is 0.292 e. The van der Waals surface area contributed by atoms with Gasteiger partial charge in [0.05, 0.1) is 0 Å². The van der Waals surface area contributed by atoms with Gasteiger partial charge in [0.25, 0.3) is 5.91 Å². The summed E-state index contributed by atoms with van der Waals surface area (Å²) in [4.78, 5) is 27.7. The molecule has 0 aromatic carbocycles. The zero-order valence-corrected chi connectivity index (χ0v) is 10.5. The van der Waals surface area contributed by atoms with E-state index in [1.807, 2.05) is 19.9 Å². The molecule has 2 rings (SSSR count). The topological polar surface area (TPSA) is 119 Å². The first kappa shape index (κ1) is 12.7. The third-order valence-corrected chi connectivity index (χ3v) is 2.21. The maximum Gasteiger partial charge on any atom is 0.292 e. The van der Waals surface area contributed by atoms with Crippen LogP contribution in [0.15, 0.2) is 18.5 Å². The van der Waals surface area contributed by atoms with Gasteiger partial charge in [0, 0.05) is 23.8 Å². The predicted octanol–water partition coefficient (Wildman–Crippen LogP) is 0.223. The van der Waals surface area contributed by atoms with Gasteiger partial charge < -0.3 is 5.73 Å². The van der Waals surface area contributed by atoms with E-state index in [0.717, 1.165) is 11.4 Å². The molecule has 4 N–H and O–H groups in total. The number of nitrogens with one attached hydrogen (secondary N) is 2. The van der Waals surface area contributed by atoms with Crippen LogP contribution in [0.4, 0.5) is 11.8 Å². The molecule has 2 aromatic heterocycles. The average Bonchev–Trinajstić information content (AvgIpc) is 2.35. The molecule has 0 saturated heterocycles. The number of hydrazine groups is 1. The lowest BCUT2D eigenvalue weighted by molar-refractivity contribution is 0.0958.